The number of rotatable bonds is 8. The first-order valence-corrected chi connectivity index (χ1v) is 12.1. The van der Waals surface area contributed by atoms with Gasteiger partial charge < -0.3 is 10.6 Å². The minimum Gasteiger partial charge on any atom is -0.350 e. The molecule has 2 aromatic carbocycles. The molecule has 0 aliphatic rings. The fraction of sp³-hybridized carbons (Fsp3) is 0.138. The molecule has 0 saturated carbocycles. The van der Waals surface area contributed by atoms with Gasteiger partial charge in [0.2, 0.25) is 0 Å². The minimum absolute atomic E-state index is 0.177. The van der Waals surface area contributed by atoms with Crippen LogP contribution in [0.15, 0.2) is 91.4 Å². The molecule has 3 heterocycles. The molecule has 2 N–H and O–H groups in total. The monoisotopic (exact) mass is 490 g/mol. The molecule has 0 fully saturated rings. The SMILES string of the molecule is CCn1cc(NC(=O)c2cc(-c3ccncc3)nc3ccccc23)c(C(=O)NCCc2ccccc2)n1. The molecular weight excluding hydrogens is 464 g/mol. The number of carbonyl (C=O) groups excluding carboxylic acids is 2. The summed E-state index contributed by atoms with van der Waals surface area (Å²) < 4.78 is 1.63. The number of aromatic nitrogens is 4. The topological polar surface area (TPSA) is 102 Å². The highest BCUT2D eigenvalue weighted by Crippen LogP contribution is 2.26. The van der Waals surface area contributed by atoms with Gasteiger partial charge in [-0.3, -0.25) is 19.3 Å². The zero-order valence-electron chi connectivity index (χ0n) is 20.4. The van der Waals surface area contributed by atoms with Crippen LogP contribution in [-0.4, -0.2) is 38.1 Å². The number of anilines is 1. The number of para-hydroxylation sites is 1. The summed E-state index contributed by atoms with van der Waals surface area (Å²) in [7, 11) is 0. The molecule has 2 amide bonds. The summed E-state index contributed by atoms with van der Waals surface area (Å²) in [5.74, 6) is -0.682. The van der Waals surface area contributed by atoms with Crippen molar-refractivity contribution in [3.8, 4) is 11.3 Å². The molecule has 0 aliphatic carbocycles. The maximum absolute atomic E-state index is 13.6. The second-order valence-electron chi connectivity index (χ2n) is 8.50. The van der Waals surface area contributed by atoms with E-state index in [0.29, 0.717) is 42.0 Å². The number of aryl methyl sites for hydroxylation is 1. The number of nitrogens with zero attached hydrogens (tertiary/aromatic N) is 4. The molecule has 0 spiro atoms. The van der Waals surface area contributed by atoms with Gasteiger partial charge in [-0.2, -0.15) is 5.10 Å². The van der Waals surface area contributed by atoms with Crippen LogP contribution in [0.2, 0.25) is 0 Å². The maximum atomic E-state index is 13.6. The van der Waals surface area contributed by atoms with E-state index < -0.39 is 0 Å². The smallest absolute Gasteiger partial charge is 0.273 e. The molecule has 0 unspecified atom stereocenters. The Morgan fingerprint density at radius 2 is 1.68 bits per heavy atom. The van der Waals surface area contributed by atoms with E-state index in [0.717, 1.165) is 16.5 Å². The van der Waals surface area contributed by atoms with Crippen LogP contribution in [0.5, 0.6) is 0 Å². The van der Waals surface area contributed by atoms with Crippen LogP contribution in [0.1, 0.15) is 33.3 Å². The highest BCUT2D eigenvalue weighted by molar-refractivity contribution is 6.14. The van der Waals surface area contributed by atoms with E-state index in [-0.39, 0.29) is 17.5 Å². The van der Waals surface area contributed by atoms with Gasteiger partial charge in [0.1, 0.15) is 0 Å². The van der Waals surface area contributed by atoms with Gasteiger partial charge in [-0.25, -0.2) is 4.98 Å². The van der Waals surface area contributed by atoms with E-state index >= 15 is 0 Å². The van der Waals surface area contributed by atoms with E-state index in [9.17, 15) is 9.59 Å². The molecule has 37 heavy (non-hydrogen) atoms. The molecule has 3 aromatic heterocycles. The lowest BCUT2D eigenvalue weighted by molar-refractivity contribution is 0.0949. The quantitative estimate of drug-likeness (QED) is 0.327. The molecule has 0 saturated heterocycles. The molecular formula is C29H26N6O2. The summed E-state index contributed by atoms with van der Waals surface area (Å²) in [5, 5.41) is 11.0. The van der Waals surface area contributed by atoms with Gasteiger partial charge in [-0.15, -0.1) is 0 Å². The minimum atomic E-state index is -0.345. The lowest BCUT2D eigenvalue weighted by atomic mass is 10.0. The third-order valence-corrected chi connectivity index (χ3v) is 6.03. The Morgan fingerprint density at radius 1 is 0.919 bits per heavy atom. The van der Waals surface area contributed by atoms with Crippen molar-refractivity contribution in [1.29, 1.82) is 0 Å². The standard InChI is InChI=1S/C29H26N6O2/c1-2-35-19-26(27(34-35)29(37)31-17-12-20-8-4-3-5-9-20)33-28(36)23-18-25(21-13-15-30-16-14-21)32-24-11-7-6-10-22(23)24/h3-11,13-16,18-19H,2,12,17H2,1H3,(H,31,37)(H,33,36). The van der Waals surface area contributed by atoms with Gasteiger partial charge >= 0.3 is 0 Å². The lowest BCUT2D eigenvalue weighted by Gasteiger charge is -2.11. The maximum Gasteiger partial charge on any atom is 0.273 e. The van der Waals surface area contributed by atoms with Crippen molar-refractivity contribution in [2.75, 3.05) is 11.9 Å². The second-order valence-corrected chi connectivity index (χ2v) is 8.50. The van der Waals surface area contributed by atoms with Gasteiger partial charge in [0, 0.05) is 42.6 Å². The summed E-state index contributed by atoms with van der Waals surface area (Å²) in [4.78, 5) is 35.4. The largest absolute Gasteiger partial charge is 0.350 e. The van der Waals surface area contributed by atoms with Crippen LogP contribution >= 0.6 is 0 Å². The third-order valence-electron chi connectivity index (χ3n) is 6.03. The van der Waals surface area contributed by atoms with Gasteiger partial charge in [-0.05, 0) is 43.2 Å². The first-order valence-electron chi connectivity index (χ1n) is 12.1. The Bertz CT molecular complexity index is 1550. The zero-order valence-corrected chi connectivity index (χ0v) is 20.4. The van der Waals surface area contributed by atoms with Crippen molar-refractivity contribution >= 4 is 28.4 Å². The fourth-order valence-corrected chi connectivity index (χ4v) is 4.11. The van der Waals surface area contributed by atoms with E-state index in [1.165, 1.54) is 0 Å². The van der Waals surface area contributed by atoms with Crippen LogP contribution in [0.25, 0.3) is 22.2 Å². The van der Waals surface area contributed by atoms with Crippen LogP contribution in [0.4, 0.5) is 5.69 Å². The Balaban J connectivity index is 1.41. The number of hydrogen-bond acceptors (Lipinski definition) is 5. The predicted octanol–water partition coefficient (Wildman–Crippen LogP) is 4.74. The average Bonchev–Trinajstić information content (AvgIpc) is 3.36. The summed E-state index contributed by atoms with van der Waals surface area (Å²) in [6.45, 7) is 2.94. The average molecular weight is 491 g/mol. The van der Waals surface area contributed by atoms with Crippen molar-refractivity contribution in [3.05, 3.63) is 108 Å². The summed E-state index contributed by atoms with van der Waals surface area (Å²) in [6.07, 6.45) is 5.75. The number of benzene rings is 2. The number of fused-ring (bicyclic) bond motifs is 1. The zero-order chi connectivity index (χ0) is 25.6. The fourth-order valence-electron chi connectivity index (χ4n) is 4.11. The molecule has 8 nitrogen and oxygen atoms in total. The second kappa shape index (κ2) is 10.8. The number of nitrogens with one attached hydrogen (secondary N) is 2. The Kier molecular flexibility index (Phi) is 6.98. The Labute approximate surface area is 214 Å². The van der Waals surface area contributed by atoms with Crippen molar-refractivity contribution < 1.29 is 9.59 Å². The Hall–Kier alpha value is -4.85. The normalized spacial score (nSPS) is 10.8. The van der Waals surface area contributed by atoms with Gasteiger partial charge in [0.05, 0.1) is 22.5 Å². The Morgan fingerprint density at radius 3 is 2.46 bits per heavy atom. The van der Waals surface area contributed by atoms with E-state index in [1.54, 1.807) is 29.3 Å². The molecule has 5 rings (SSSR count). The molecule has 0 aliphatic heterocycles. The molecule has 184 valence electrons. The van der Waals surface area contributed by atoms with E-state index in [4.69, 9.17) is 4.98 Å². The number of pyridine rings is 2. The molecule has 0 atom stereocenters. The predicted molar refractivity (Wildman–Crippen MR) is 143 cm³/mol. The highest BCUT2D eigenvalue weighted by atomic mass is 16.2. The number of carbonyl (C=O) groups is 2. The number of hydrogen-bond donors (Lipinski definition) is 2. The molecule has 5 aromatic rings. The first kappa shape index (κ1) is 23.9. The highest BCUT2D eigenvalue weighted by Gasteiger charge is 2.21. The van der Waals surface area contributed by atoms with E-state index in [1.807, 2.05) is 73.7 Å². The first-order chi connectivity index (χ1) is 18.1. The number of amides is 2. The van der Waals surface area contributed by atoms with Crippen LogP contribution in [-0.2, 0) is 13.0 Å². The summed E-state index contributed by atoms with van der Waals surface area (Å²) >= 11 is 0. The molecule has 8 heteroatoms. The third kappa shape index (κ3) is 5.38. The van der Waals surface area contributed by atoms with Crippen molar-refractivity contribution in [2.24, 2.45) is 0 Å². The van der Waals surface area contributed by atoms with Crippen LogP contribution < -0.4 is 10.6 Å². The van der Waals surface area contributed by atoms with Crippen molar-refractivity contribution in [3.63, 3.8) is 0 Å². The summed E-state index contributed by atoms with van der Waals surface area (Å²) in [5.41, 5.74) is 4.33. The van der Waals surface area contributed by atoms with Gasteiger partial charge in [0.15, 0.2) is 5.69 Å². The van der Waals surface area contributed by atoms with Crippen LogP contribution in [0, 0.1) is 0 Å². The lowest BCUT2D eigenvalue weighted by Crippen LogP contribution is -2.27. The van der Waals surface area contributed by atoms with Crippen LogP contribution in [0.3, 0.4) is 0 Å². The van der Waals surface area contributed by atoms with E-state index in [2.05, 4.69) is 20.7 Å². The molecule has 0 bridgehead atoms. The van der Waals surface area contributed by atoms with Crippen molar-refractivity contribution in [2.45, 2.75) is 19.9 Å². The van der Waals surface area contributed by atoms with Crippen molar-refractivity contribution in [1.82, 2.24) is 25.1 Å². The van der Waals surface area contributed by atoms with Gasteiger partial charge in [-0.1, -0.05) is 48.5 Å². The summed E-state index contributed by atoms with van der Waals surface area (Å²) in [6, 6.07) is 22.9. The van der Waals surface area contributed by atoms with Gasteiger partial charge in [0.25, 0.3) is 11.8 Å². The molecule has 0 radical (unpaired) electrons.